The highest BCUT2D eigenvalue weighted by molar-refractivity contribution is 6.04. The van der Waals surface area contributed by atoms with Crippen LogP contribution in [0.3, 0.4) is 0 Å². The Balaban J connectivity index is 2.70. The van der Waals surface area contributed by atoms with E-state index < -0.39 is 9.85 Å². The van der Waals surface area contributed by atoms with E-state index in [0.29, 0.717) is 24.5 Å². The zero-order chi connectivity index (χ0) is 17.7. The minimum absolute atomic E-state index is 0.133. The van der Waals surface area contributed by atoms with Crippen molar-refractivity contribution in [2.75, 3.05) is 23.7 Å². The number of anilines is 2. The summed E-state index contributed by atoms with van der Waals surface area (Å²) < 4.78 is 0. The molecule has 2 N–H and O–H groups in total. The lowest BCUT2D eigenvalue weighted by atomic mass is 10.0. The van der Waals surface area contributed by atoms with Crippen molar-refractivity contribution in [3.05, 3.63) is 44.5 Å². The summed E-state index contributed by atoms with van der Waals surface area (Å²) in [6.45, 7) is 5.09. The Kier molecular flexibility index (Phi) is 5.51. The van der Waals surface area contributed by atoms with E-state index in [2.05, 4.69) is 10.6 Å². The number of fused-ring (bicyclic) bond motifs is 1. The van der Waals surface area contributed by atoms with E-state index in [1.165, 1.54) is 12.1 Å². The number of benzene rings is 2. The summed E-state index contributed by atoms with van der Waals surface area (Å²) in [5, 5.41) is 29.6. The third-order valence-corrected chi connectivity index (χ3v) is 3.64. The van der Waals surface area contributed by atoms with Crippen LogP contribution in [0.15, 0.2) is 24.3 Å². The minimum Gasteiger partial charge on any atom is -0.379 e. The van der Waals surface area contributed by atoms with Gasteiger partial charge < -0.3 is 10.6 Å². The van der Waals surface area contributed by atoms with Gasteiger partial charge in [0.05, 0.1) is 20.6 Å². The molecule has 2 aromatic rings. The number of nitro benzene ring substituents is 2. The Labute approximate surface area is 139 Å². The molecule has 0 amide bonds. The lowest BCUT2D eigenvalue weighted by Gasteiger charge is -2.11. The monoisotopic (exact) mass is 332 g/mol. The maximum atomic E-state index is 11.5. The van der Waals surface area contributed by atoms with E-state index in [1.807, 2.05) is 13.8 Å². The van der Waals surface area contributed by atoms with Crippen LogP contribution in [-0.4, -0.2) is 22.9 Å². The van der Waals surface area contributed by atoms with Crippen molar-refractivity contribution in [2.24, 2.45) is 0 Å². The summed E-state index contributed by atoms with van der Waals surface area (Å²) in [5.41, 5.74) is 0.480. The van der Waals surface area contributed by atoms with Gasteiger partial charge in [0.1, 0.15) is 11.4 Å². The maximum Gasteiger partial charge on any atom is 0.300 e. The van der Waals surface area contributed by atoms with Crippen molar-refractivity contribution in [3.8, 4) is 0 Å². The molecule has 0 spiro atoms. The average Bonchev–Trinajstić information content (AvgIpc) is 2.56. The third kappa shape index (κ3) is 3.37. The Morgan fingerprint density at radius 2 is 1.17 bits per heavy atom. The lowest BCUT2D eigenvalue weighted by molar-refractivity contribution is -0.383. The maximum absolute atomic E-state index is 11.5. The number of hydrogen-bond acceptors (Lipinski definition) is 6. The molecule has 0 bridgehead atoms. The first kappa shape index (κ1) is 17.5. The molecule has 8 nitrogen and oxygen atoms in total. The average molecular weight is 332 g/mol. The zero-order valence-electron chi connectivity index (χ0n) is 13.7. The van der Waals surface area contributed by atoms with Crippen LogP contribution in [0.25, 0.3) is 10.8 Å². The van der Waals surface area contributed by atoms with Crippen molar-refractivity contribution in [2.45, 2.75) is 26.7 Å². The second-order valence-electron chi connectivity index (χ2n) is 5.39. The molecular formula is C16H20N4O4. The van der Waals surface area contributed by atoms with Crippen LogP contribution in [0.1, 0.15) is 26.7 Å². The molecule has 2 aromatic carbocycles. The van der Waals surface area contributed by atoms with Crippen molar-refractivity contribution < 1.29 is 9.85 Å². The van der Waals surface area contributed by atoms with E-state index >= 15 is 0 Å². The molecule has 0 unspecified atom stereocenters. The number of nitrogens with zero attached hydrogens (tertiary/aromatic N) is 2. The molecule has 0 radical (unpaired) electrons. The van der Waals surface area contributed by atoms with E-state index in [-0.39, 0.29) is 22.1 Å². The molecule has 0 saturated carbocycles. The predicted molar refractivity (Wildman–Crippen MR) is 94.8 cm³/mol. The third-order valence-electron chi connectivity index (χ3n) is 3.64. The van der Waals surface area contributed by atoms with Gasteiger partial charge in [0.2, 0.25) is 0 Å². The Hall–Kier alpha value is -2.90. The van der Waals surface area contributed by atoms with Crippen LogP contribution in [0.4, 0.5) is 22.7 Å². The van der Waals surface area contributed by atoms with E-state index in [1.54, 1.807) is 12.1 Å². The van der Waals surface area contributed by atoms with Gasteiger partial charge in [-0.05, 0) is 37.1 Å². The number of nitro groups is 2. The fourth-order valence-electron chi connectivity index (χ4n) is 2.57. The highest BCUT2D eigenvalue weighted by Crippen LogP contribution is 2.40. The molecule has 0 atom stereocenters. The highest BCUT2D eigenvalue weighted by atomic mass is 16.6. The summed E-state index contributed by atoms with van der Waals surface area (Å²) in [4.78, 5) is 22.0. The summed E-state index contributed by atoms with van der Waals surface area (Å²) >= 11 is 0. The van der Waals surface area contributed by atoms with Crippen LogP contribution in [-0.2, 0) is 0 Å². The normalized spacial score (nSPS) is 10.6. The fraction of sp³-hybridized carbons (Fsp3) is 0.375. The number of rotatable bonds is 8. The second kappa shape index (κ2) is 7.58. The standard InChI is InChI=1S/C16H20N4O4/c1-3-9-17-13-7-5-12-11(15(13)19(21)22)6-8-14(18-10-4-2)16(12)20(23)24/h5-8,17-18H,3-4,9-10H2,1-2H3. The Morgan fingerprint density at radius 3 is 1.46 bits per heavy atom. The van der Waals surface area contributed by atoms with Gasteiger partial charge in [-0.1, -0.05) is 13.8 Å². The second-order valence-corrected chi connectivity index (χ2v) is 5.39. The predicted octanol–water partition coefficient (Wildman–Crippen LogP) is 4.30. The van der Waals surface area contributed by atoms with Crippen LogP contribution >= 0.6 is 0 Å². The zero-order valence-corrected chi connectivity index (χ0v) is 13.7. The molecule has 0 aliphatic heterocycles. The molecule has 2 rings (SSSR count). The van der Waals surface area contributed by atoms with Gasteiger partial charge in [-0.3, -0.25) is 20.2 Å². The van der Waals surface area contributed by atoms with Crippen molar-refractivity contribution >= 4 is 33.5 Å². The van der Waals surface area contributed by atoms with Crippen molar-refractivity contribution in [3.63, 3.8) is 0 Å². The van der Waals surface area contributed by atoms with Gasteiger partial charge in [-0.25, -0.2) is 0 Å². The SMILES string of the molecule is CCCNc1ccc2c([N+](=O)[O-])c(NCCC)ccc2c1[N+](=O)[O-]. The van der Waals surface area contributed by atoms with Gasteiger partial charge in [0.25, 0.3) is 11.4 Å². The first-order valence-corrected chi connectivity index (χ1v) is 7.87. The van der Waals surface area contributed by atoms with Gasteiger partial charge in [-0.2, -0.15) is 0 Å². The van der Waals surface area contributed by atoms with Crippen molar-refractivity contribution in [1.29, 1.82) is 0 Å². The molecule has 0 aliphatic carbocycles. The van der Waals surface area contributed by atoms with E-state index in [9.17, 15) is 20.2 Å². The molecule has 128 valence electrons. The van der Waals surface area contributed by atoms with Gasteiger partial charge in [-0.15, -0.1) is 0 Å². The van der Waals surface area contributed by atoms with E-state index in [4.69, 9.17) is 0 Å². The van der Waals surface area contributed by atoms with Gasteiger partial charge in [0.15, 0.2) is 0 Å². The van der Waals surface area contributed by atoms with Gasteiger partial charge >= 0.3 is 0 Å². The molecule has 0 fully saturated rings. The summed E-state index contributed by atoms with van der Waals surface area (Å²) in [6, 6.07) is 6.20. The number of hydrogen-bond donors (Lipinski definition) is 2. The van der Waals surface area contributed by atoms with Gasteiger partial charge in [0, 0.05) is 13.1 Å². The first-order valence-electron chi connectivity index (χ1n) is 7.87. The Bertz CT molecular complexity index is 711. The largest absolute Gasteiger partial charge is 0.379 e. The number of nitrogens with one attached hydrogen (secondary N) is 2. The Morgan fingerprint density at radius 1 is 0.792 bits per heavy atom. The summed E-state index contributed by atoms with van der Waals surface area (Å²) in [6.07, 6.45) is 1.63. The molecule has 8 heteroatoms. The first-order chi connectivity index (χ1) is 11.5. The minimum atomic E-state index is -0.497. The topological polar surface area (TPSA) is 110 Å². The summed E-state index contributed by atoms with van der Waals surface area (Å²) in [7, 11) is 0. The molecular weight excluding hydrogens is 312 g/mol. The van der Waals surface area contributed by atoms with Crippen LogP contribution < -0.4 is 10.6 Å². The molecule has 0 heterocycles. The quantitative estimate of drug-likeness (QED) is 0.551. The van der Waals surface area contributed by atoms with Crippen molar-refractivity contribution in [1.82, 2.24) is 0 Å². The smallest absolute Gasteiger partial charge is 0.300 e. The fourth-order valence-corrected chi connectivity index (χ4v) is 2.57. The molecule has 0 saturated heterocycles. The molecule has 0 aromatic heterocycles. The van der Waals surface area contributed by atoms with Crippen LogP contribution in [0, 0.1) is 20.2 Å². The van der Waals surface area contributed by atoms with E-state index in [0.717, 1.165) is 12.8 Å². The molecule has 24 heavy (non-hydrogen) atoms. The molecule has 0 aliphatic rings. The highest BCUT2D eigenvalue weighted by Gasteiger charge is 2.25. The van der Waals surface area contributed by atoms with Crippen LogP contribution in [0.2, 0.25) is 0 Å². The van der Waals surface area contributed by atoms with Crippen LogP contribution in [0.5, 0.6) is 0 Å². The lowest BCUT2D eigenvalue weighted by Crippen LogP contribution is -2.06. The summed E-state index contributed by atoms with van der Waals surface area (Å²) in [5.74, 6) is 0.